The molecule has 1 aromatic heterocycles. The number of anilines is 1. The molecule has 2 saturated heterocycles. The number of pyridine rings is 1. The lowest BCUT2D eigenvalue weighted by molar-refractivity contribution is 0.331. The molecule has 2 aliphatic heterocycles. The van der Waals surface area contributed by atoms with Crippen molar-refractivity contribution < 1.29 is 0 Å². The Morgan fingerprint density at radius 1 is 0.871 bits per heavy atom. The van der Waals surface area contributed by atoms with Gasteiger partial charge in [-0.25, -0.2) is 4.98 Å². The predicted octanol–water partition coefficient (Wildman–Crippen LogP) is 3.76. The molecular formula is C24H35IN6. The summed E-state index contributed by atoms with van der Waals surface area (Å²) in [5.74, 6) is 1.90. The molecule has 168 valence electrons. The Hall–Kier alpha value is -1.87. The van der Waals surface area contributed by atoms with Crippen molar-refractivity contribution in [1.82, 2.24) is 20.5 Å². The highest BCUT2D eigenvalue weighted by atomic mass is 127. The largest absolute Gasteiger partial charge is 0.357 e. The van der Waals surface area contributed by atoms with E-state index in [4.69, 9.17) is 0 Å². The maximum absolute atomic E-state index is 4.53. The van der Waals surface area contributed by atoms with Gasteiger partial charge in [-0.1, -0.05) is 24.3 Å². The molecule has 4 rings (SSSR count). The van der Waals surface area contributed by atoms with Crippen molar-refractivity contribution in [2.45, 2.75) is 45.3 Å². The van der Waals surface area contributed by atoms with Crippen molar-refractivity contribution in [2.24, 2.45) is 4.99 Å². The summed E-state index contributed by atoms with van der Waals surface area (Å²) in [6.07, 6.45) is 7.12. The van der Waals surface area contributed by atoms with Crippen LogP contribution in [0.25, 0.3) is 0 Å². The zero-order chi connectivity index (χ0) is 20.6. The second-order valence-corrected chi connectivity index (χ2v) is 8.30. The van der Waals surface area contributed by atoms with Crippen molar-refractivity contribution in [3.05, 3.63) is 59.3 Å². The molecule has 2 aromatic rings. The van der Waals surface area contributed by atoms with Crippen molar-refractivity contribution in [3.8, 4) is 0 Å². The zero-order valence-electron chi connectivity index (χ0n) is 18.5. The molecule has 31 heavy (non-hydrogen) atoms. The van der Waals surface area contributed by atoms with Crippen LogP contribution in [0.4, 0.5) is 5.82 Å². The first-order valence-corrected chi connectivity index (χ1v) is 11.2. The number of rotatable bonds is 7. The van der Waals surface area contributed by atoms with Crippen LogP contribution in [0.5, 0.6) is 0 Å². The first-order valence-electron chi connectivity index (χ1n) is 11.2. The number of hydrogen-bond acceptors (Lipinski definition) is 4. The van der Waals surface area contributed by atoms with Crippen LogP contribution in [0.15, 0.2) is 47.6 Å². The third kappa shape index (κ3) is 7.07. The molecule has 0 atom stereocenters. The van der Waals surface area contributed by atoms with E-state index in [1.807, 2.05) is 13.2 Å². The molecule has 0 aliphatic carbocycles. The van der Waals surface area contributed by atoms with E-state index in [1.54, 1.807) is 0 Å². The van der Waals surface area contributed by atoms with Gasteiger partial charge in [-0.3, -0.25) is 9.89 Å². The van der Waals surface area contributed by atoms with E-state index in [-0.39, 0.29) is 24.0 Å². The third-order valence-corrected chi connectivity index (χ3v) is 6.01. The Kier molecular flexibility index (Phi) is 9.39. The smallest absolute Gasteiger partial charge is 0.191 e. The minimum atomic E-state index is 0. The Bertz CT molecular complexity index is 826. The van der Waals surface area contributed by atoms with Crippen LogP contribution in [0, 0.1) is 0 Å². The SMILES string of the molecule is CN=C(NCc1ccc(CN2CCCC2)cc1)NCc1ccnc(N2CCCC2)c1.I. The van der Waals surface area contributed by atoms with Crippen molar-refractivity contribution in [3.63, 3.8) is 0 Å². The fourth-order valence-electron chi connectivity index (χ4n) is 4.24. The molecule has 0 radical (unpaired) electrons. The van der Waals surface area contributed by atoms with Gasteiger partial charge in [-0.15, -0.1) is 24.0 Å². The molecule has 2 fully saturated rings. The van der Waals surface area contributed by atoms with Crippen molar-refractivity contribution in [2.75, 3.05) is 38.1 Å². The number of guanidine groups is 1. The Morgan fingerprint density at radius 2 is 1.48 bits per heavy atom. The summed E-state index contributed by atoms with van der Waals surface area (Å²) in [5.41, 5.74) is 3.89. The average Bonchev–Trinajstić information content (AvgIpc) is 3.50. The quantitative estimate of drug-likeness (QED) is 0.322. The highest BCUT2D eigenvalue weighted by Crippen LogP contribution is 2.18. The Balaban J connectivity index is 0.00000272. The lowest BCUT2D eigenvalue weighted by Gasteiger charge is -2.17. The average molecular weight is 534 g/mol. The molecule has 6 nitrogen and oxygen atoms in total. The summed E-state index contributed by atoms with van der Waals surface area (Å²) < 4.78 is 0. The van der Waals surface area contributed by atoms with Crippen LogP contribution < -0.4 is 15.5 Å². The normalized spacial score (nSPS) is 16.9. The zero-order valence-corrected chi connectivity index (χ0v) is 20.8. The molecule has 1 aromatic carbocycles. The summed E-state index contributed by atoms with van der Waals surface area (Å²) in [5, 5.41) is 6.84. The van der Waals surface area contributed by atoms with Crippen molar-refractivity contribution >= 4 is 35.8 Å². The highest BCUT2D eigenvalue weighted by molar-refractivity contribution is 14.0. The number of hydrogen-bond donors (Lipinski definition) is 2. The second-order valence-electron chi connectivity index (χ2n) is 8.30. The first kappa shape index (κ1) is 23.8. The summed E-state index contributed by atoms with van der Waals surface area (Å²) >= 11 is 0. The van der Waals surface area contributed by atoms with Crippen LogP contribution in [0.3, 0.4) is 0 Å². The molecule has 2 N–H and O–H groups in total. The summed E-state index contributed by atoms with van der Waals surface area (Å²) in [6.45, 7) is 7.28. The molecular weight excluding hydrogens is 499 g/mol. The molecule has 0 bridgehead atoms. The minimum absolute atomic E-state index is 0. The van der Waals surface area contributed by atoms with Gasteiger partial charge in [-0.05, 0) is 67.6 Å². The van der Waals surface area contributed by atoms with Gasteiger partial charge in [0, 0.05) is 46.0 Å². The summed E-state index contributed by atoms with van der Waals surface area (Å²) in [6, 6.07) is 13.2. The molecule has 0 amide bonds. The number of aliphatic imine (C=N–C) groups is 1. The van der Waals surface area contributed by atoms with E-state index in [0.29, 0.717) is 0 Å². The third-order valence-electron chi connectivity index (χ3n) is 6.01. The van der Waals surface area contributed by atoms with Crippen LogP contribution in [0.2, 0.25) is 0 Å². The van der Waals surface area contributed by atoms with Gasteiger partial charge in [0.1, 0.15) is 5.82 Å². The van der Waals surface area contributed by atoms with Gasteiger partial charge in [-0.2, -0.15) is 0 Å². The van der Waals surface area contributed by atoms with E-state index in [2.05, 4.69) is 66.8 Å². The van der Waals surface area contributed by atoms with E-state index in [1.165, 1.54) is 55.5 Å². The molecule has 0 unspecified atom stereocenters. The van der Waals surface area contributed by atoms with E-state index in [0.717, 1.165) is 44.5 Å². The van der Waals surface area contributed by atoms with Crippen LogP contribution >= 0.6 is 24.0 Å². The van der Waals surface area contributed by atoms with Crippen LogP contribution in [-0.4, -0.2) is 49.1 Å². The lowest BCUT2D eigenvalue weighted by Crippen LogP contribution is -2.36. The standard InChI is InChI=1S/C24H34N6.HI/c1-25-24(28-18-22-10-11-26-23(16-22)30-14-4-5-15-30)27-17-20-6-8-21(9-7-20)19-29-12-2-3-13-29;/h6-11,16H,2-5,12-15,17-19H2,1H3,(H2,25,27,28);1H. The number of likely N-dealkylation sites (tertiary alicyclic amines) is 1. The van der Waals surface area contributed by atoms with Gasteiger partial charge in [0.05, 0.1) is 0 Å². The molecule has 2 aliphatic rings. The summed E-state index contributed by atoms with van der Waals surface area (Å²) in [7, 11) is 1.82. The fraction of sp³-hybridized carbons (Fsp3) is 0.500. The van der Waals surface area contributed by atoms with Gasteiger partial charge in [0.2, 0.25) is 0 Å². The minimum Gasteiger partial charge on any atom is -0.357 e. The van der Waals surface area contributed by atoms with Gasteiger partial charge in [0.15, 0.2) is 5.96 Å². The van der Waals surface area contributed by atoms with Gasteiger partial charge >= 0.3 is 0 Å². The first-order chi connectivity index (χ1) is 14.8. The Morgan fingerprint density at radius 3 is 2.16 bits per heavy atom. The maximum atomic E-state index is 4.53. The number of benzene rings is 1. The molecule has 3 heterocycles. The molecule has 7 heteroatoms. The number of nitrogens with one attached hydrogen (secondary N) is 2. The second kappa shape index (κ2) is 12.2. The van der Waals surface area contributed by atoms with E-state index in [9.17, 15) is 0 Å². The maximum Gasteiger partial charge on any atom is 0.191 e. The number of aromatic nitrogens is 1. The van der Waals surface area contributed by atoms with Crippen LogP contribution in [-0.2, 0) is 19.6 Å². The predicted molar refractivity (Wildman–Crippen MR) is 139 cm³/mol. The van der Waals surface area contributed by atoms with Crippen LogP contribution in [0.1, 0.15) is 42.4 Å². The van der Waals surface area contributed by atoms with E-state index >= 15 is 0 Å². The van der Waals surface area contributed by atoms with Crippen molar-refractivity contribution in [1.29, 1.82) is 0 Å². The van der Waals surface area contributed by atoms with E-state index < -0.39 is 0 Å². The van der Waals surface area contributed by atoms with Gasteiger partial charge < -0.3 is 15.5 Å². The summed E-state index contributed by atoms with van der Waals surface area (Å²) in [4.78, 5) is 13.8. The highest BCUT2D eigenvalue weighted by Gasteiger charge is 2.14. The lowest BCUT2D eigenvalue weighted by atomic mass is 10.1. The molecule has 0 spiro atoms. The molecule has 0 saturated carbocycles. The number of halogens is 1. The Labute approximate surface area is 203 Å². The topological polar surface area (TPSA) is 55.8 Å². The number of nitrogens with zero attached hydrogens (tertiary/aromatic N) is 4. The fourth-order valence-corrected chi connectivity index (χ4v) is 4.24. The monoisotopic (exact) mass is 534 g/mol. The van der Waals surface area contributed by atoms with Gasteiger partial charge in [0.25, 0.3) is 0 Å².